The van der Waals surface area contributed by atoms with E-state index in [1.165, 1.54) is 6.92 Å². The SMILES string of the molecule is COc1ccc2c(c1)C(CNC(C)=O)CCO2. The molecule has 0 spiro atoms. The second-order valence-electron chi connectivity index (χ2n) is 4.17. The minimum absolute atomic E-state index is 0.000868. The molecule has 1 amide bonds. The van der Waals surface area contributed by atoms with Crippen molar-refractivity contribution >= 4 is 5.91 Å². The largest absolute Gasteiger partial charge is 0.497 e. The van der Waals surface area contributed by atoms with Crippen LogP contribution in [-0.2, 0) is 4.79 Å². The molecule has 1 unspecified atom stereocenters. The van der Waals surface area contributed by atoms with Crippen LogP contribution in [0.3, 0.4) is 0 Å². The minimum atomic E-state index is 0.000868. The molecule has 92 valence electrons. The van der Waals surface area contributed by atoms with Crippen LogP contribution in [0.4, 0.5) is 0 Å². The fraction of sp³-hybridized carbons (Fsp3) is 0.462. The number of ether oxygens (including phenoxy) is 2. The number of hydrogen-bond donors (Lipinski definition) is 1. The van der Waals surface area contributed by atoms with Crippen molar-refractivity contribution in [2.75, 3.05) is 20.3 Å². The number of amides is 1. The Bertz CT molecular complexity index is 417. The van der Waals surface area contributed by atoms with Crippen molar-refractivity contribution < 1.29 is 14.3 Å². The molecule has 1 heterocycles. The van der Waals surface area contributed by atoms with Gasteiger partial charge in [-0.1, -0.05) is 0 Å². The van der Waals surface area contributed by atoms with Crippen LogP contribution in [-0.4, -0.2) is 26.2 Å². The molecule has 4 heteroatoms. The lowest BCUT2D eigenvalue weighted by molar-refractivity contribution is -0.119. The second-order valence-corrected chi connectivity index (χ2v) is 4.17. The first-order valence-electron chi connectivity index (χ1n) is 5.76. The zero-order chi connectivity index (χ0) is 12.3. The second kappa shape index (κ2) is 5.08. The van der Waals surface area contributed by atoms with Crippen LogP contribution in [0.15, 0.2) is 18.2 Å². The smallest absolute Gasteiger partial charge is 0.216 e. The number of fused-ring (bicyclic) bond motifs is 1. The molecule has 1 aliphatic heterocycles. The maximum absolute atomic E-state index is 11.0. The van der Waals surface area contributed by atoms with Crippen LogP contribution < -0.4 is 14.8 Å². The topological polar surface area (TPSA) is 47.6 Å². The molecule has 0 saturated heterocycles. The molecule has 1 aromatic rings. The predicted octanol–water partition coefficient (Wildman–Crippen LogP) is 1.70. The molecule has 1 aromatic carbocycles. The predicted molar refractivity (Wildman–Crippen MR) is 64.5 cm³/mol. The van der Waals surface area contributed by atoms with Gasteiger partial charge in [0.1, 0.15) is 11.5 Å². The van der Waals surface area contributed by atoms with Gasteiger partial charge < -0.3 is 14.8 Å². The van der Waals surface area contributed by atoms with Gasteiger partial charge in [0.25, 0.3) is 0 Å². The third-order valence-corrected chi connectivity index (χ3v) is 2.98. The van der Waals surface area contributed by atoms with Gasteiger partial charge in [-0.15, -0.1) is 0 Å². The molecule has 0 aromatic heterocycles. The first-order valence-corrected chi connectivity index (χ1v) is 5.76. The lowest BCUT2D eigenvalue weighted by atomic mass is 9.93. The third kappa shape index (κ3) is 2.70. The van der Waals surface area contributed by atoms with Crippen LogP contribution in [0.1, 0.15) is 24.8 Å². The van der Waals surface area contributed by atoms with Gasteiger partial charge in [0.2, 0.25) is 5.91 Å². The molecule has 0 saturated carbocycles. The van der Waals surface area contributed by atoms with Gasteiger partial charge in [-0.2, -0.15) is 0 Å². The Morgan fingerprint density at radius 1 is 1.59 bits per heavy atom. The maximum atomic E-state index is 11.0. The highest BCUT2D eigenvalue weighted by atomic mass is 16.5. The van der Waals surface area contributed by atoms with Crippen LogP contribution >= 0.6 is 0 Å². The summed E-state index contributed by atoms with van der Waals surface area (Å²) in [5.41, 5.74) is 1.12. The summed E-state index contributed by atoms with van der Waals surface area (Å²) in [6, 6.07) is 5.80. The van der Waals surface area contributed by atoms with Crippen molar-refractivity contribution in [3.05, 3.63) is 23.8 Å². The summed E-state index contributed by atoms with van der Waals surface area (Å²) in [6.45, 7) is 2.88. The van der Waals surface area contributed by atoms with Crippen molar-refractivity contribution in [3.8, 4) is 11.5 Å². The van der Waals surface area contributed by atoms with Gasteiger partial charge in [-0.25, -0.2) is 0 Å². The molecule has 0 radical (unpaired) electrons. The Morgan fingerprint density at radius 2 is 2.41 bits per heavy atom. The van der Waals surface area contributed by atoms with E-state index in [-0.39, 0.29) is 5.91 Å². The van der Waals surface area contributed by atoms with E-state index < -0.39 is 0 Å². The van der Waals surface area contributed by atoms with Crippen molar-refractivity contribution in [1.29, 1.82) is 0 Å². The summed E-state index contributed by atoms with van der Waals surface area (Å²) in [5.74, 6) is 2.02. The molecule has 0 aliphatic carbocycles. The number of carbonyl (C=O) groups is 1. The van der Waals surface area contributed by atoms with Gasteiger partial charge in [-0.3, -0.25) is 4.79 Å². The molecule has 0 fully saturated rings. The molecule has 17 heavy (non-hydrogen) atoms. The number of methoxy groups -OCH3 is 1. The van der Waals surface area contributed by atoms with Gasteiger partial charge in [0.15, 0.2) is 0 Å². The van der Waals surface area contributed by atoms with E-state index in [1.54, 1.807) is 7.11 Å². The molecule has 2 rings (SSSR count). The Kier molecular flexibility index (Phi) is 3.52. The molecular formula is C13H17NO3. The maximum Gasteiger partial charge on any atom is 0.216 e. The number of benzene rings is 1. The quantitative estimate of drug-likeness (QED) is 0.867. The Balaban J connectivity index is 2.19. The lowest BCUT2D eigenvalue weighted by Crippen LogP contribution is -2.28. The fourth-order valence-corrected chi connectivity index (χ4v) is 2.05. The van der Waals surface area contributed by atoms with E-state index >= 15 is 0 Å². The Hall–Kier alpha value is -1.71. The lowest BCUT2D eigenvalue weighted by Gasteiger charge is -2.26. The van der Waals surface area contributed by atoms with Crippen LogP contribution in [0.25, 0.3) is 0 Å². The normalized spacial score (nSPS) is 17.9. The molecule has 1 N–H and O–H groups in total. The Labute approximate surface area is 101 Å². The fourth-order valence-electron chi connectivity index (χ4n) is 2.05. The summed E-state index contributed by atoms with van der Waals surface area (Å²) < 4.78 is 10.8. The van der Waals surface area contributed by atoms with E-state index in [2.05, 4.69) is 5.32 Å². The summed E-state index contributed by atoms with van der Waals surface area (Å²) >= 11 is 0. The summed E-state index contributed by atoms with van der Waals surface area (Å²) in [6.07, 6.45) is 0.917. The van der Waals surface area contributed by atoms with Crippen molar-refractivity contribution in [2.45, 2.75) is 19.3 Å². The van der Waals surface area contributed by atoms with Crippen LogP contribution in [0, 0.1) is 0 Å². The molecular weight excluding hydrogens is 218 g/mol. The minimum Gasteiger partial charge on any atom is -0.497 e. The standard InChI is InChI=1S/C13H17NO3/c1-9(15)14-8-10-5-6-17-13-4-3-11(16-2)7-12(10)13/h3-4,7,10H,5-6,8H2,1-2H3,(H,14,15). The zero-order valence-corrected chi connectivity index (χ0v) is 10.2. The number of nitrogens with one attached hydrogen (secondary N) is 1. The van der Waals surface area contributed by atoms with E-state index in [0.717, 1.165) is 23.5 Å². The van der Waals surface area contributed by atoms with Crippen molar-refractivity contribution in [3.63, 3.8) is 0 Å². The number of rotatable bonds is 3. The van der Waals surface area contributed by atoms with Crippen LogP contribution in [0.5, 0.6) is 11.5 Å². The van der Waals surface area contributed by atoms with Gasteiger partial charge in [0.05, 0.1) is 13.7 Å². The first-order chi connectivity index (χ1) is 8.20. The summed E-state index contributed by atoms with van der Waals surface area (Å²) in [5, 5.41) is 2.86. The van der Waals surface area contributed by atoms with Crippen LogP contribution in [0.2, 0.25) is 0 Å². The average Bonchev–Trinajstić information content (AvgIpc) is 2.35. The molecule has 0 bridgehead atoms. The molecule has 1 atom stereocenters. The van der Waals surface area contributed by atoms with Crippen molar-refractivity contribution in [1.82, 2.24) is 5.32 Å². The highest BCUT2D eigenvalue weighted by Gasteiger charge is 2.22. The van der Waals surface area contributed by atoms with E-state index in [0.29, 0.717) is 19.1 Å². The van der Waals surface area contributed by atoms with Gasteiger partial charge in [-0.05, 0) is 24.6 Å². The van der Waals surface area contributed by atoms with E-state index in [9.17, 15) is 4.79 Å². The third-order valence-electron chi connectivity index (χ3n) is 2.98. The molecule has 4 nitrogen and oxygen atoms in total. The van der Waals surface area contributed by atoms with Gasteiger partial charge >= 0.3 is 0 Å². The summed E-state index contributed by atoms with van der Waals surface area (Å²) in [7, 11) is 1.65. The first kappa shape index (κ1) is 11.8. The highest BCUT2D eigenvalue weighted by Crippen LogP contribution is 2.35. The zero-order valence-electron chi connectivity index (χ0n) is 10.2. The number of hydrogen-bond acceptors (Lipinski definition) is 3. The molecule has 1 aliphatic rings. The van der Waals surface area contributed by atoms with E-state index in [1.807, 2.05) is 18.2 Å². The van der Waals surface area contributed by atoms with E-state index in [4.69, 9.17) is 9.47 Å². The van der Waals surface area contributed by atoms with Gasteiger partial charge in [0, 0.05) is 24.9 Å². The summed E-state index contributed by atoms with van der Waals surface area (Å²) in [4.78, 5) is 11.0. The highest BCUT2D eigenvalue weighted by molar-refractivity contribution is 5.72. The average molecular weight is 235 g/mol. The monoisotopic (exact) mass is 235 g/mol. The Morgan fingerprint density at radius 3 is 3.12 bits per heavy atom. The van der Waals surface area contributed by atoms with Crippen molar-refractivity contribution in [2.24, 2.45) is 0 Å². The number of carbonyl (C=O) groups excluding carboxylic acids is 1.